The van der Waals surface area contributed by atoms with Crippen LogP contribution in [-0.2, 0) is 19.4 Å². The molecule has 0 heterocycles. The third-order valence-electron chi connectivity index (χ3n) is 4.32. The lowest BCUT2D eigenvalue weighted by molar-refractivity contribution is -0.110. The van der Waals surface area contributed by atoms with Gasteiger partial charge in [-0.3, -0.25) is 0 Å². The van der Waals surface area contributed by atoms with E-state index < -0.39 is 38.2 Å². The SMILES string of the molecule is CCS(=O)(=O)[C@@H]1[C@H](c2ccc(C)cc2)[C@@]1(C=O)NC(=O)OC(C)(C)C. The second-order valence-corrected chi connectivity index (χ2v) is 9.85. The molecule has 0 spiro atoms. The van der Waals surface area contributed by atoms with E-state index in [1.165, 1.54) is 6.92 Å². The number of ether oxygens (including phenoxy) is 1. The van der Waals surface area contributed by atoms with Gasteiger partial charge in [0.15, 0.2) is 9.84 Å². The molecule has 0 unspecified atom stereocenters. The minimum absolute atomic E-state index is 0.106. The molecule has 1 fully saturated rings. The minimum atomic E-state index is -3.54. The zero-order chi connectivity index (χ0) is 19.0. The van der Waals surface area contributed by atoms with Crippen LogP contribution < -0.4 is 5.32 Å². The van der Waals surface area contributed by atoms with Crippen LogP contribution in [0.15, 0.2) is 24.3 Å². The quantitative estimate of drug-likeness (QED) is 0.807. The predicted octanol–water partition coefficient (Wildman–Crippen LogP) is 2.36. The van der Waals surface area contributed by atoms with Crippen molar-refractivity contribution in [1.82, 2.24) is 5.32 Å². The number of aldehydes is 1. The van der Waals surface area contributed by atoms with Gasteiger partial charge in [0.2, 0.25) is 0 Å². The number of carbonyl (C=O) groups excluding carboxylic acids is 2. The molecule has 3 atom stereocenters. The van der Waals surface area contributed by atoms with Gasteiger partial charge in [-0.2, -0.15) is 0 Å². The summed E-state index contributed by atoms with van der Waals surface area (Å²) >= 11 is 0. The molecule has 1 aromatic rings. The molecular weight excluding hydrogens is 342 g/mol. The maximum absolute atomic E-state index is 12.5. The van der Waals surface area contributed by atoms with E-state index in [1.807, 2.05) is 19.1 Å². The standard InChI is InChI=1S/C18H25NO5S/c1-6-25(22,23)15-14(13-9-7-12(2)8-10-13)18(15,11-20)19-16(21)24-17(3,4)5/h7-11,14-15H,6H2,1-5H3,(H,19,21)/t14-,15+,18+/m0/s1. The highest BCUT2D eigenvalue weighted by Crippen LogP contribution is 2.55. The molecule has 1 aromatic carbocycles. The Morgan fingerprint density at radius 1 is 1.28 bits per heavy atom. The molecule has 138 valence electrons. The molecule has 1 saturated carbocycles. The lowest BCUT2D eigenvalue weighted by Gasteiger charge is -2.22. The third-order valence-corrected chi connectivity index (χ3v) is 6.56. The molecular formula is C18H25NO5S. The van der Waals surface area contributed by atoms with Gasteiger partial charge in [0, 0.05) is 11.7 Å². The Balaban J connectivity index is 2.40. The molecule has 1 N–H and O–H groups in total. The van der Waals surface area contributed by atoms with E-state index in [0.29, 0.717) is 11.8 Å². The van der Waals surface area contributed by atoms with Gasteiger partial charge in [-0.05, 0) is 33.3 Å². The van der Waals surface area contributed by atoms with Crippen molar-refractivity contribution >= 4 is 22.2 Å². The van der Waals surface area contributed by atoms with E-state index in [1.54, 1.807) is 32.9 Å². The van der Waals surface area contributed by atoms with Crippen LogP contribution in [0.25, 0.3) is 0 Å². The number of nitrogens with one attached hydrogen (secondary N) is 1. The van der Waals surface area contributed by atoms with Crippen molar-refractivity contribution in [3.63, 3.8) is 0 Å². The maximum atomic E-state index is 12.5. The number of amides is 1. The van der Waals surface area contributed by atoms with Crippen LogP contribution >= 0.6 is 0 Å². The van der Waals surface area contributed by atoms with Gasteiger partial charge in [-0.1, -0.05) is 36.8 Å². The molecule has 6 nitrogen and oxygen atoms in total. The van der Waals surface area contributed by atoms with Gasteiger partial charge in [0.1, 0.15) is 22.7 Å². The van der Waals surface area contributed by atoms with Crippen molar-refractivity contribution in [1.29, 1.82) is 0 Å². The Morgan fingerprint density at radius 3 is 2.28 bits per heavy atom. The number of sulfone groups is 1. The van der Waals surface area contributed by atoms with Crippen LogP contribution in [0.4, 0.5) is 4.79 Å². The number of hydrogen-bond acceptors (Lipinski definition) is 5. The summed E-state index contributed by atoms with van der Waals surface area (Å²) in [6.07, 6.45) is -0.273. The molecule has 0 aromatic heterocycles. The molecule has 0 bridgehead atoms. The van der Waals surface area contributed by atoms with E-state index in [2.05, 4.69) is 5.32 Å². The number of carbonyl (C=O) groups is 2. The number of aryl methyl sites for hydroxylation is 1. The number of alkyl carbamates (subject to hydrolysis) is 1. The average molecular weight is 367 g/mol. The van der Waals surface area contributed by atoms with Gasteiger partial charge >= 0.3 is 6.09 Å². The molecule has 0 aliphatic heterocycles. The van der Waals surface area contributed by atoms with Gasteiger partial charge in [-0.15, -0.1) is 0 Å². The lowest BCUT2D eigenvalue weighted by atomic mass is 10.1. The number of hydrogen-bond donors (Lipinski definition) is 1. The topological polar surface area (TPSA) is 89.5 Å². The molecule has 0 saturated heterocycles. The molecule has 0 radical (unpaired) electrons. The second kappa shape index (κ2) is 6.44. The van der Waals surface area contributed by atoms with Crippen molar-refractivity contribution in [3.05, 3.63) is 35.4 Å². The summed E-state index contributed by atoms with van der Waals surface area (Å²) < 4.78 is 30.2. The van der Waals surface area contributed by atoms with Crippen LogP contribution in [0.1, 0.15) is 44.7 Å². The molecule has 2 rings (SSSR count). The van der Waals surface area contributed by atoms with Crippen LogP contribution in [-0.4, -0.2) is 42.9 Å². The lowest BCUT2D eigenvalue weighted by Crippen LogP contribution is -2.45. The normalized spacial score (nSPS) is 26.0. The van der Waals surface area contributed by atoms with Crippen LogP contribution in [0.5, 0.6) is 0 Å². The summed E-state index contributed by atoms with van der Waals surface area (Å²) in [5.74, 6) is -0.728. The highest BCUT2D eigenvalue weighted by molar-refractivity contribution is 7.92. The largest absolute Gasteiger partial charge is 0.444 e. The van der Waals surface area contributed by atoms with Crippen molar-refractivity contribution in [3.8, 4) is 0 Å². The third kappa shape index (κ3) is 3.86. The van der Waals surface area contributed by atoms with Gasteiger partial charge in [0.05, 0.1) is 0 Å². The van der Waals surface area contributed by atoms with Crippen molar-refractivity contribution < 1.29 is 22.7 Å². The zero-order valence-corrected chi connectivity index (χ0v) is 16.0. The zero-order valence-electron chi connectivity index (χ0n) is 15.2. The van der Waals surface area contributed by atoms with E-state index in [0.717, 1.165) is 5.56 Å². The fourth-order valence-electron chi connectivity index (χ4n) is 3.08. The second-order valence-electron chi connectivity index (χ2n) is 7.44. The first-order valence-corrected chi connectivity index (χ1v) is 9.94. The van der Waals surface area contributed by atoms with E-state index in [-0.39, 0.29) is 5.75 Å². The van der Waals surface area contributed by atoms with Gasteiger partial charge < -0.3 is 14.8 Å². The van der Waals surface area contributed by atoms with Crippen LogP contribution in [0, 0.1) is 6.92 Å². The number of rotatable bonds is 5. The predicted molar refractivity (Wildman–Crippen MR) is 95.3 cm³/mol. The molecule has 1 amide bonds. The Kier molecular flexibility index (Phi) is 5.01. The summed E-state index contributed by atoms with van der Waals surface area (Å²) in [6, 6.07) is 7.29. The van der Waals surface area contributed by atoms with Crippen molar-refractivity contribution in [2.45, 2.75) is 56.9 Å². The summed E-state index contributed by atoms with van der Waals surface area (Å²) in [5.41, 5.74) is -0.513. The highest BCUT2D eigenvalue weighted by Gasteiger charge is 2.72. The fraction of sp³-hybridized carbons (Fsp3) is 0.556. The van der Waals surface area contributed by atoms with Crippen LogP contribution in [0.3, 0.4) is 0 Å². The molecule has 7 heteroatoms. The molecule has 25 heavy (non-hydrogen) atoms. The van der Waals surface area contributed by atoms with E-state index in [4.69, 9.17) is 4.74 Å². The average Bonchev–Trinajstić information content (AvgIpc) is 3.15. The first-order valence-electron chi connectivity index (χ1n) is 8.22. The Bertz CT molecular complexity index is 764. The van der Waals surface area contributed by atoms with E-state index in [9.17, 15) is 18.0 Å². The Morgan fingerprint density at radius 2 is 1.84 bits per heavy atom. The van der Waals surface area contributed by atoms with E-state index >= 15 is 0 Å². The molecule has 1 aliphatic carbocycles. The smallest absolute Gasteiger partial charge is 0.408 e. The minimum Gasteiger partial charge on any atom is -0.444 e. The van der Waals surface area contributed by atoms with Crippen molar-refractivity contribution in [2.75, 3.05) is 5.75 Å². The summed E-state index contributed by atoms with van der Waals surface area (Å²) in [5, 5.41) is 1.53. The summed E-state index contributed by atoms with van der Waals surface area (Å²) in [7, 11) is -3.54. The number of benzene rings is 1. The Hall–Kier alpha value is -1.89. The van der Waals surface area contributed by atoms with Gasteiger partial charge in [-0.25, -0.2) is 13.2 Å². The first-order chi connectivity index (χ1) is 11.5. The Labute approximate surface area is 148 Å². The summed E-state index contributed by atoms with van der Waals surface area (Å²) in [6.45, 7) is 8.55. The monoisotopic (exact) mass is 367 g/mol. The molecule has 1 aliphatic rings. The highest BCUT2D eigenvalue weighted by atomic mass is 32.2. The van der Waals surface area contributed by atoms with Gasteiger partial charge in [0.25, 0.3) is 0 Å². The van der Waals surface area contributed by atoms with Crippen molar-refractivity contribution in [2.24, 2.45) is 0 Å². The maximum Gasteiger partial charge on any atom is 0.408 e. The fourth-order valence-corrected chi connectivity index (χ4v) is 5.01. The first kappa shape index (κ1) is 19.4. The van der Waals surface area contributed by atoms with Crippen LogP contribution in [0.2, 0.25) is 0 Å². The summed E-state index contributed by atoms with van der Waals surface area (Å²) in [4.78, 5) is 24.1.